The number of aromatic carboxylic acids is 1. The Hall–Kier alpha value is -1.62. The molecule has 1 aromatic carbocycles. The molecule has 2 rings (SSSR count). The Morgan fingerprint density at radius 3 is 2.82 bits per heavy atom. The molecule has 0 fully saturated rings. The highest BCUT2D eigenvalue weighted by Gasteiger charge is 2.17. The molecule has 0 amide bonds. The predicted molar refractivity (Wildman–Crippen MR) is 67.2 cm³/mol. The van der Waals surface area contributed by atoms with Gasteiger partial charge in [0.1, 0.15) is 5.56 Å². The molecule has 1 heterocycles. The van der Waals surface area contributed by atoms with Crippen molar-refractivity contribution < 1.29 is 9.90 Å². The molecule has 0 bridgehead atoms. The number of benzene rings is 1. The second-order valence-corrected chi connectivity index (χ2v) is 4.60. The van der Waals surface area contributed by atoms with Crippen molar-refractivity contribution in [3.63, 3.8) is 0 Å². The van der Waals surface area contributed by atoms with E-state index in [1.165, 1.54) is 0 Å². The molecule has 0 saturated heterocycles. The maximum Gasteiger partial charge on any atom is 0.339 e. The van der Waals surface area contributed by atoms with Crippen molar-refractivity contribution in [3.8, 4) is 0 Å². The van der Waals surface area contributed by atoms with E-state index in [1.807, 2.05) is 24.3 Å². The first-order valence-electron chi connectivity index (χ1n) is 5.10. The van der Waals surface area contributed by atoms with E-state index in [4.69, 9.17) is 5.11 Å². The lowest BCUT2D eigenvalue weighted by atomic mass is 10.1. The summed E-state index contributed by atoms with van der Waals surface area (Å²) in [6.45, 7) is 1.71. The Labute approximate surface area is 107 Å². The number of carboxylic acid groups (broad SMARTS) is 1. The van der Waals surface area contributed by atoms with Crippen LogP contribution in [0.15, 0.2) is 28.7 Å². The molecule has 17 heavy (non-hydrogen) atoms. The first-order chi connectivity index (χ1) is 8.09. The maximum atomic E-state index is 11.1. The molecule has 0 saturated carbocycles. The Bertz CT molecular complexity index is 563. The van der Waals surface area contributed by atoms with Gasteiger partial charge in [-0.25, -0.2) is 4.79 Å². The van der Waals surface area contributed by atoms with Gasteiger partial charge in [-0.3, -0.25) is 5.10 Å². The molecule has 0 unspecified atom stereocenters. The lowest BCUT2D eigenvalue weighted by Crippen LogP contribution is -2.03. The van der Waals surface area contributed by atoms with Crippen molar-refractivity contribution in [2.75, 3.05) is 0 Å². The van der Waals surface area contributed by atoms with Gasteiger partial charge in [-0.1, -0.05) is 34.1 Å². The summed E-state index contributed by atoms with van der Waals surface area (Å²) < 4.78 is 0.956. The third-order valence-corrected chi connectivity index (χ3v) is 3.33. The van der Waals surface area contributed by atoms with Crippen molar-refractivity contribution in [2.24, 2.45) is 0 Å². The molecule has 1 aromatic heterocycles. The highest BCUT2D eigenvalue weighted by atomic mass is 79.9. The number of carbonyl (C=O) groups is 1. The summed E-state index contributed by atoms with van der Waals surface area (Å²) in [5.41, 5.74) is 2.42. The molecule has 2 N–H and O–H groups in total. The van der Waals surface area contributed by atoms with Crippen LogP contribution < -0.4 is 0 Å². The number of nitrogens with one attached hydrogen (secondary N) is 1. The Morgan fingerprint density at radius 1 is 1.47 bits per heavy atom. The maximum absolute atomic E-state index is 11.1. The predicted octanol–water partition coefficient (Wildman–Crippen LogP) is 2.77. The molecule has 2 aromatic rings. The molecular formula is C12H11BrN2O2. The van der Waals surface area contributed by atoms with Crippen molar-refractivity contribution in [2.45, 2.75) is 13.3 Å². The summed E-state index contributed by atoms with van der Waals surface area (Å²) in [7, 11) is 0. The zero-order valence-electron chi connectivity index (χ0n) is 9.20. The van der Waals surface area contributed by atoms with Crippen molar-refractivity contribution >= 4 is 21.9 Å². The van der Waals surface area contributed by atoms with Crippen LogP contribution in [0.3, 0.4) is 0 Å². The average molecular weight is 295 g/mol. The zero-order chi connectivity index (χ0) is 12.4. The van der Waals surface area contributed by atoms with Gasteiger partial charge in [0.2, 0.25) is 0 Å². The average Bonchev–Trinajstić information content (AvgIpc) is 2.63. The molecule has 0 aliphatic carbocycles. The van der Waals surface area contributed by atoms with Gasteiger partial charge in [-0.05, 0) is 18.6 Å². The van der Waals surface area contributed by atoms with Gasteiger partial charge < -0.3 is 5.11 Å². The van der Waals surface area contributed by atoms with Crippen molar-refractivity contribution in [1.29, 1.82) is 0 Å². The number of hydrogen-bond acceptors (Lipinski definition) is 2. The number of halogens is 1. The van der Waals surface area contributed by atoms with Crippen molar-refractivity contribution in [3.05, 3.63) is 51.3 Å². The number of aromatic nitrogens is 2. The van der Waals surface area contributed by atoms with Crippen LogP contribution in [0.2, 0.25) is 0 Å². The molecule has 4 nitrogen and oxygen atoms in total. The first kappa shape index (κ1) is 11.9. The van der Waals surface area contributed by atoms with Gasteiger partial charge in [0, 0.05) is 16.6 Å². The van der Waals surface area contributed by atoms with E-state index in [9.17, 15) is 4.79 Å². The van der Waals surface area contributed by atoms with Crippen LogP contribution in [0.5, 0.6) is 0 Å². The molecule has 0 atom stereocenters. The summed E-state index contributed by atoms with van der Waals surface area (Å²) in [6.07, 6.45) is 0.493. The van der Waals surface area contributed by atoms with Crippen LogP contribution in [-0.4, -0.2) is 21.3 Å². The van der Waals surface area contributed by atoms with Gasteiger partial charge in [0.15, 0.2) is 0 Å². The Balaban J connectivity index is 2.37. The number of aromatic amines is 1. The Kier molecular flexibility index (Phi) is 3.28. The molecular weight excluding hydrogens is 284 g/mol. The first-order valence-corrected chi connectivity index (χ1v) is 5.89. The molecule has 88 valence electrons. The van der Waals surface area contributed by atoms with Crippen molar-refractivity contribution in [1.82, 2.24) is 10.2 Å². The van der Waals surface area contributed by atoms with E-state index in [0.717, 1.165) is 10.0 Å². The number of nitrogens with zero attached hydrogens (tertiary/aromatic N) is 1. The molecule has 0 spiro atoms. The van der Waals surface area contributed by atoms with Crippen LogP contribution in [0.4, 0.5) is 0 Å². The summed E-state index contributed by atoms with van der Waals surface area (Å²) >= 11 is 3.44. The number of hydrogen-bond donors (Lipinski definition) is 2. The minimum atomic E-state index is -0.946. The quantitative estimate of drug-likeness (QED) is 0.915. The summed E-state index contributed by atoms with van der Waals surface area (Å²) in [6, 6.07) is 7.70. The topological polar surface area (TPSA) is 66.0 Å². The van der Waals surface area contributed by atoms with Crippen LogP contribution in [0, 0.1) is 6.92 Å². The summed E-state index contributed by atoms with van der Waals surface area (Å²) in [4.78, 5) is 11.1. The van der Waals surface area contributed by atoms with Crippen LogP contribution >= 0.6 is 15.9 Å². The normalized spacial score (nSPS) is 10.5. The SMILES string of the molecule is Cc1[nH]nc(Cc2ccccc2Br)c1C(=O)O. The fourth-order valence-corrected chi connectivity index (χ4v) is 2.14. The third kappa shape index (κ3) is 2.39. The van der Waals surface area contributed by atoms with Crippen LogP contribution in [-0.2, 0) is 6.42 Å². The minimum absolute atomic E-state index is 0.265. The lowest BCUT2D eigenvalue weighted by Gasteiger charge is -2.02. The number of carboxylic acids is 1. The van der Waals surface area contributed by atoms with Crippen LogP contribution in [0.25, 0.3) is 0 Å². The number of aryl methyl sites for hydroxylation is 1. The van der Waals surface area contributed by atoms with Gasteiger partial charge in [0.05, 0.1) is 5.69 Å². The van der Waals surface area contributed by atoms with Gasteiger partial charge in [0.25, 0.3) is 0 Å². The minimum Gasteiger partial charge on any atom is -0.478 e. The van der Waals surface area contributed by atoms with E-state index in [-0.39, 0.29) is 5.56 Å². The summed E-state index contributed by atoms with van der Waals surface area (Å²) in [5, 5.41) is 15.9. The van der Waals surface area contributed by atoms with E-state index in [1.54, 1.807) is 6.92 Å². The van der Waals surface area contributed by atoms with E-state index in [0.29, 0.717) is 17.8 Å². The van der Waals surface area contributed by atoms with Gasteiger partial charge in [-0.2, -0.15) is 5.10 Å². The van der Waals surface area contributed by atoms with Gasteiger partial charge >= 0.3 is 5.97 Å². The third-order valence-electron chi connectivity index (χ3n) is 2.55. The smallest absolute Gasteiger partial charge is 0.339 e. The molecule has 0 radical (unpaired) electrons. The largest absolute Gasteiger partial charge is 0.478 e. The molecule has 0 aliphatic rings. The fourth-order valence-electron chi connectivity index (χ4n) is 1.71. The highest BCUT2D eigenvalue weighted by molar-refractivity contribution is 9.10. The Morgan fingerprint density at radius 2 is 2.18 bits per heavy atom. The monoisotopic (exact) mass is 294 g/mol. The fraction of sp³-hybridized carbons (Fsp3) is 0.167. The van der Waals surface area contributed by atoms with E-state index in [2.05, 4.69) is 26.1 Å². The number of rotatable bonds is 3. The summed E-state index contributed by atoms with van der Waals surface area (Å²) in [5.74, 6) is -0.946. The van der Waals surface area contributed by atoms with Gasteiger partial charge in [-0.15, -0.1) is 0 Å². The van der Waals surface area contributed by atoms with E-state index < -0.39 is 5.97 Å². The second-order valence-electron chi connectivity index (χ2n) is 3.74. The lowest BCUT2D eigenvalue weighted by molar-refractivity contribution is 0.0695. The standard InChI is InChI=1S/C12H11BrN2O2/c1-7-11(12(16)17)10(15-14-7)6-8-4-2-3-5-9(8)13/h2-5H,6H2,1H3,(H,14,15)(H,16,17). The molecule has 0 aliphatic heterocycles. The second kappa shape index (κ2) is 4.71. The molecule has 5 heteroatoms. The van der Waals surface area contributed by atoms with E-state index >= 15 is 0 Å². The van der Waals surface area contributed by atoms with Crippen LogP contribution in [0.1, 0.15) is 27.3 Å². The zero-order valence-corrected chi connectivity index (χ0v) is 10.8. The highest BCUT2D eigenvalue weighted by Crippen LogP contribution is 2.21. The number of H-pyrrole nitrogens is 1.